The zero-order chi connectivity index (χ0) is 10.9. The maximum atomic E-state index is 5.79. The first-order chi connectivity index (χ1) is 6.32. The van der Waals surface area contributed by atoms with E-state index in [9.17, 15) is 0 Å². The number of benzene rings is 1. The van der Waals surface area contributed by atoms with E-state index >= 15 is 0 Å². The summed E-state index contributed by atoms with van der Waals surface area (Å²) in [5, 5.41) is 0. The minimum Gasteiger partial charge on any atom is -0.315 e. The summed E-state index contributed by atoms with van der Waals surface area (Å²) in [5.41, 5.74) is 9.77. The molecule has 0 heterocycles. The first-order valence-electron chi connectivity index (χ1n) is 4.83. The van der Waals surface area contributed by atoms with Crippen molar-refractivity contribution in [3.63, 3.8) is 0 Å². The molecule has 1 rings (SSSR count). The smallest absolute Gasteiger partial charge is 0.0864 e. The van der Waals surface area contributed by atoms with E-state index in [0.29, 0.717) is 0 Å². The van der Waals surface area contributed by atoms with E-state index < -0.39 is 0 Å². The zero-order valence-electron chi connectivity index (χ0n) is 9.26. The summed E-state index contributed by atoms with van der Waals surface area (Å²) >= 11 is 3.39. The van der Waals surface area contributed by atoms with Gasteiger partial charge in [-0.1, -0.05) is 54.9 Å². The summed E-state index contributed by atoms with van der Waals surface area (Å²) in [5.74, 6) is 0. The largest absolute Gasteiger partial charge is 0.315 e. The molecule has 0 spiro atoms. The van der Waals surface area contributed by atoms with Crippen LogP contribution in [0.5, 0.6) is 0 Å². The van der Waals surface area contributed by atoms with E-state index in [4.69, 9.17) is 5.73 Å². The van der Waals surface area contributed by atoms with Crippen LogP contribution in [0, 0.1) is 6.92 Å². The topological polar surface area (TPSA) is 26.0 Å². The van der Waals surface area contributed by atoms with Crippen molar-refractivity contribution >= 4 is 15.9 Å². The molecule has 78 valence electrons. The molecule has 1 nitrogen and oxygen atoms in total. The average molecular weight is 256 g/mol. The van der Waals surface area contributed by atoms with Crippen LogP contribution in [-0.4, -0.2) is 0 Å². The standard InChI is InChI=1S/C12H18BrN/c1-8-7-9(12(2,3)4)5-6-10(8)11(13)14/h5-7,11H,14H2,1-4H3. The maximum absolute atomic E-state index is 5.79. The lowest BCUT2D eigenvalue weighted by atomic mass is 9.85. The number of alkyl halides is 1. The van der Waals surface area contributed by atoms with Crippen LogP contribution < -0.4 is 5.73 Å². The lowest BCUT2D eigenvalue weighted by Gasteiger charge is -2.21. The molecular weight excluding hydrogens is 238 g/mol. The summed E-state index contributed by atoms with van der Waals surface area (Å²) in [7, 11) is 0. The van der Waals surface area contributed by atoms with Crippen LogP contribution in [0.3, 0.4) is 0 Å². The SMILES string of the molecule is Cc1cc(C(C)(C)C)ccc1C(N)Br. The van der Waals surface area contributed by atoms with Crippen LogP contribution in [0.4, 0.5) is 0 Å². The van der Waals surface area contributed by atoms with Crippen molar-refractivity contribution in [2.24, 2.45) is 5.73 Å². The first kappa shape index (κ1) is 11.7. The fraction of sp³-hybridized carbons (Fsp3) is 0.500. The molecule has 0 radical (unpaired) electrons. The van der Waals surface area contributed by atoms with Crippen molar-refractivity contribution in [1.82, 2.24) is 0 Å². The Balaban J connectivity index is 3.13. The van der Waals surface area contributed by atoms with Crippen LogP contribution in [0.1, 0.15) is 42.4 Å². The molecule has 1 aromatic carbocycles. The van der Waals surface area contributed by atoms with E-state index in [1.807, 2.05) is 0 Å². The van der Waals surface area contributed by atoms with Gasteiger partial charge in [0.05, 0.1) is 4.95 Å². The van der Waals surface area contributed by atoms with Gasteiger partial charge in [0.1, 0.15) is 0 Å². The Kier molecular flexibility index (Phi) is 3.38. The van der Waals surface area contributed by atoms with Crippen LogP contribution in [0.2, 0.25) is 0 Å². The zero-order valence-corrected chi connectivity index (χ0v) is 10.9. The van der Waals surface area contributed by atoms with E-state index in [0.717, 1.165) is 5.56 Å². The number of hydrogen-bond donors (Lipinski definition) is 1. The molecule has 0 fully saturated rings. The third-order valence-corrected chi connectivity index (χ3v) is 2.93. The lowest BCUT2D eigenvalue weighted by molar-refractivity contribution is 0.589. The molecule has 14 heavy (non-hydrogen) atoms. The number of hydrogen-bond acceptors (Lipinski definition) is 1. The highest BCUT2D eigenvalue weighted by molar-refractivity contribution is 9.09. The van der Waals surface area contributed by atoms with Crippen LogP contribution in [0.15, 0.2) is 18.2 Å². The van der Waals surface area contributed by atoms with Gasteiger partial charge in [-0.25, -0.2) is 0 Å². The van der Waals surface area contributed by atoms with E-state index in [1.165, 1.54) is 11.1 Å². The van der Waals surface area contributed by atoms with E-state index in [2.05, 4.69) is 61.8 Å². The third kappa shape index (κ3) is 2.58. The van der Waals surface area contributed by atoms with Crippen molar-refractivity contribution in [2.45, 2.75) is 38.1 Å². The quantitative estimate of drug-likeness (QED) is 0.602. The highest BCUT2D eigenvalue weighted by Crippen LogP contribution is 2.27. The molecule has 2 N–H and O–H groups in total. The Labute approximate surface area is 94.8 Å². The second kappa shape index (κ2) is 4.03. The van der Waals surface area contributed by atoms with Crippen molar-refractivity contribution in [3.05, 3.63) is 34.9 Å². The number of nitrogens with two attached hydrogens (primary N) is 1. The molecule has 0 aliphatic heterocycles. The van der Waals surface area contributed by atoms with Gasteiger partial charge in [0, 0.05) is 0 Å². The van der Waals surface area contributed by atoms with Gasteiger partial charge in [0.25, 0.3) is 0 Å². The van der Waals surface area contributed by atoms with Crippen molar-refractivity contribution in [3.8, 4) is 0 Å². The van der Waals surface area contributed by atoms with E-state index in [1.54, 1.807) is 0 Å². The molecule has 2 heteroatoms. The van der Waals surface area contributed by atoms with Crippen molar-refractivity contribution in [1.29, 1.82) is 0 Å². The van der Waals surface area contributed by atoms with Gasteiger partial charge >= 0.3 is 0 Å². The van der Waals surface area contributed by atoms with Crippen LogP contribution in [0.25, 0.3) is 0 Å². The molecule has 0 aliphatic carbocycles. The summed E-state index contributed by atoms with van der Waals surface area (Å²) in [6.07, 6.45) is 0. The van der Waals surface area contributed by atoms with Gasteiger partial charge in [-0.15, -0.1) is 0 Å². The molecule has 0 aliphatic rings. The molecule has 1 aromatic rings. The molecule has 0 amide bonds. The van der Waals surface area contributed by atoms with Crippen molar-refractivity contribution in [2.75, 3.05) is 0 Å². The molecule has 0 bridgehead atoms. The second-order valence-electron chi connectivity index (χ2n) is 4.72. The number of rotatable bonds is 1. The van der Waals surface area contributed by atoms with Crippen LogP contribution in [-0.2, 0) is 5.41 Å². The van der Waals surface area contributed by atoms with Gasteiger partial charge in [-0.2, -0.15) is 0 Å². The highest BCUT2D eigenvalue weighted by atomic mass is 79.9. The van der Waals surface area contributed by atoms with E-state index in [-0.39, 0.29) is 10.4 Å². The molecule has 0 saturated carbocycles. The minimum atomic E-state index is -0.0588. The summed E-state index contributed by atoms with van der Waals surface area (Å²) in [4.78, 5) is -0.0588. The van der Waals surface area contributed by atoms with Gasteiger partial charge < -0.3 is 5.73 Å². The summed E-state index contributed by atoms with van der Waals surface area (Å²) in [6.45, 7) is 8.76. The second-order valence-corrected chi connectivity index (χ2v) is 5.71. The Hall–Kier alpha value is -0.340. The van der Waals surface area contributed by atoms with Gasteiger partial charge in [0.2, 0.25) is 0 Å². The minimum absolute atomic E-state index is 0.0588. The Morgan fingerprint density at radius 1 is 1.29 bits per heavy atom. The monoisotopic (exact) mass is 255 g/mol. The van der Waals surface area contributed by atoms with Crippen LogP contribution >= 0.6 is 15.9 Å². The summed E-state index contributed by atoms with van der Waals surface area (Å²) < 4.78 is 0. The maximum Gasteiger partial charge on any atom is 0.0864 e. The molecule has 0 saturated heterocycles. The van der Waals surface area contributed by atoms with Gasteiger partial charge in [-0.05, 0) is 29.0 Å². The predicted octanol–water partition coefficient (Wildman–Crippen LogP) is 3.64. The Bertz CT molecular complexity index is 324. The molecule has 1 atom stereocenters. The number of halogens is 1. The molecular formula is C12H18BrN. The summed E-state index contributed by atoms with van der Waals surface area (Å²) in [6, 6.07) is 6.48. The normalized spacial score (nSPS) is 14.1. The fourth-order valence-electron chi connectivity index (χ4n) is 1.45. The van der Waals surface area contributed by atoms with Gasteiger partial charge in [0.15, 0.2) is 0 Å². The first-order valence-corrected chi connectivity index (χ1v) is 5.74. The Morgan fingerprint density at radius 2 is 1.86 bits per heavy atom. The van der Waals surface area contributed by atoms with Gasteiger partial charge in [-0.3, -0.25) is 0 Å². The third-order valence-electron chi connectivity index (χ3n) is 2.43. The molecule has 0 aromatic heterocycles. The van der Waals surface area contributed by atoms with Crippen molar-refractivity contribution < 1.29 is 0 Å². The Morgan fingerprint density at radius 3 is 2.21 bits per heavy atom. The lowest BCUT2D eigenvalue weighted by Crippen LogP contribution is -2.12. The highest BCUT2D eigenvalue weighted by Gasteiger charge is 2.15. The predicted molar refractivity (Wildman–Crippen MR) is 65.7 cm³/mol. The molecule has 1 unspecified atom stereocenters. The fourth-order valence-corrected chi connectivity index (χ4v) is 1.97. The average Bonchev–Trinajstić information content (AvgIpc) is 2.01. The number of aryl methyl sites for hydroxylation is 1.